The molecule has 3 unspecified atom stereocenters. The third kappa shape index (κ3) is 4.09. The van der Waals surface area contributed by atoms with Crippen LogP contribution in [-0.4, -0.2) is 40.9 Å². The highest BCUT2D eigenvalue weighted by atomic mass is 19.4. The van der Waals surface area contributed by atoms with Gasteiger partial charge in [-0.2, -0.15) is 13.2 Å². The number of aliphatic hydroxyl groups is 1. The molecular formula is C11H16F3NO4. The Labute approximate surface area is 107 Å². The molecule has 0 aliphatic heterocycles. The average Bonchev–Trinajstić information content (AvgIpc) is 2.34. The van der Waals surface area contributed by atoms with Gasteiger partial charge in [0.1, 0.15) is 6.04 Å². The maximum Gasteiger partial charge on any atom is 0.392 e. The van der Waals surface area contributed by atoms with E-state index in [1.165, 1.54) is 0 Å². The van der Waals surface area contributed by atoms with Crippen LogP contribution in [0.4, 0.5) is 13.2 Å². The fourth-order valence-electron chi connectivity index (χ4n) is 2.30. The number of carbonyl (C=O) groups excluding carboxylic acids is 1. The summed E-state index contributed by atoms with van der Waals surface area (Å²) in [5.41, 5.74) is 0. The Bertz CT molecular complexity index is 345. The van der Waals surface area contributed by atoms with Gasteiger partial charge in [0.05, 0.1) is 12.5 Å². The Morgan fingerprint density at radius 1 is 1.26 bits per heavy atom. The molecule has 0 spiro atoms. The molecule has 0 aromatic heterocycles. The minimum Gasteiger partial charge on any atom is -0.480 e. The zero-order chi connectivity index (χ0) is 14.6. The number of aliphatic hydroxyl groups excluding tert-OH is 1. The summed E-state index contributed by atoms with van der Waals surface area (Å²) in [6.07, 6.45) is -3.62. The number of rotatable bonds is 4. The smallest absolute Gasteiger partial charge is 0.392 e. The highest BCUT2D eigenvalue weighted by Crippen LogP contribution is 2.41. The molecule has 0 saturated heterocycles. The van der Waals surface area contributed by atoms with Crippen molar-refractivity contribution in [3.05, 3.63) is 0 Å². The number of nitrogens with one attached hydrogen (secondary N) is 1. The van der Waals surface area contributed by atoms with Crippen LogP contribution in [-0.2, 0) is 9.59 Å². The van der Waals surface area contributed by atoms with E-state index in [2.05, 4.69) is 0 Å². The first-order chi connectivity index (χ1) is 8.77. The van der Waals surface area contributed by atoms with Gasteiger partial charge >= 0.3 is 12.1 Å². The molecule has 8 heteroatoms. The highest BCUT2D eigenvalue weighted by molar-refractivity contribution is 5.85. The number of hydrogen-bond donors (Lipinski definition) is 3. The molecule has 0 aromatic carbocycles. The van der Waals surface area contributed by atoms with E-state index >= 15 is 0 Å². The second-order valence-electron chi connectivity index (χ2n) is 4.62. The molecular weight excluding hydrogens is 267 g/mol. The zero-order valence-electron chi connectivity index (χ0n) is 10.1. The van der Waals surface area contributed by atoms with E-state index in [4.69, 9.17) is 10.2 Å². The first-order valence-electron chi connectivity index (χ1n) is 5.98. The van der Waals surface area contributed by atoms with Crippen LogP contribution in [0.3, 0.4) is 0 Å². The Kier molecular flexibility index (Phi) is 5.16. The van der Waals surface area contributed by atoms with Crippen molar-refractivity contribution < 1.29 is 33.0 Å². The van der Waals surface area contributed by atoms with Crippen molar-refractivity contribution in [3.8, 4) is 0 Å². The molecule has 1 aliphatic carbocycles. The molecule has 1 fully saturated rings. The number of carbonyl (C=O) groups is 2. The minimum atomic E-state index is -4.47. The molecule has 3 atom stereocenters. The first kappa shape index (κ1) is 15.7. The Hall–Kier alpha value is -1.31. The first-order valence-corrected chi connectivity index (χ1v) is 5.98. The summed E-state index contributed by atoms with van der Waals surface area (Å²) in [5.74, 6) is -5.45. The predicted molar refractivity (Wildman–Crippen MR) is 58.2 cm³/mol. The molecule has 0 heterocycles. The zero-order valence-corrected chi connectivity index (χ0v) is 10.1. The number of amides is 1. The summed E-state index contributed by atoms with van der Waals surface area (Å²) in [6, 6.07) is -1.57. The molecule has 1 rings (SSSR count). The average molecular weight is 283 g/mol. The van der Waals surface area contributed by atoms with Crippen molar-refractivity contribution in [1.29, 1.82) is 0 Å². The second kappa shape index (κ2) is 6.23. The van der Waals surface area contributed by atoms with Crippen LogP contribution in [0.15, 0.2) is 0 Å². The van der Waals surface area contributed by atoms with E-state index in [0.29, 0.717) is 12.8 Å². The molecule has 0 aromatic rings. The van der Waals surface area contributed by atoms with Crippen LogP contribution in [0.1, 0.15) is 25.7 Å². The van der Waals surface area contributed by atoms with Gasteiger partial charge < -0.3 is 15.5 Å². The fraction of sp³-hybridized carbons (Fsp3) is 0.818. The van der Waals surface area contributed by atoms with Crippen LogP contribution in [0, 0.1) is 11.8 Å². The standard InChI is InChI=1S/C11H16F3NO4/c12-11(13,14)7-4-2-1-3-6(7)9(17)15-8(5-16)10(18)19/h6-8,16H,1-5H2,(H,15,17)(H,18,19). The lowest BCUT2D eigenvalue weighted by Gasteiger charge is -2.32. The monoisotopic (exact) mass is 283 g/mol. The molecule has 0 radical (unpaired) electrons. The SMILES string of the molecule is O=C(O)C(CO)NC(=O)C1CCCCC1C(F)(F)F. The van der Waals surface area contributed by atoms with Crippen molar-refractivity contribution in [2.45, 2.75) is 37.9 Å². The summed E-state index contributed by atoms with van der Waals surface area (Å²) >= 11 is 0. The van der Waals surface area contributed by atoms with Crippen molar-refractivity contribution in [2.75, 3.05) is 6.61 Å². The summed E-state index contributed by atoms with van der Waals surface area (Å²) in [7, 11) is 0. The number of carboxylic acid groups (broad SMARTS) is 1. The Morgan fingerprint density at radius 2 is 1.84 bits per heavy atom. The topological polar surface area (TPSA) is 86.6 Å². The molecule has 1 amide bonds. The number of halogens is 3. The van der Waals surface area contributed by atoms with Gasteiger partial charge in [0, 0.05) is 5.92 Å². The van der Waals surface area contributed by atoms with E-state index < -0.39 is 42.5 Å². The molecule has 0 bridgehead atoms. The fourth-order valence-corrected chi connectivity index (χ4v) is 2.30. The van der Waals surface area contributed by atoms with Crippen LogP contribution in [0.5, 0.6) is 0 Å². The van der Waals surface area contributed by atoms with E-state index in [9.17, 15) is 22.8 Å². The van der Waals surface area contributed by atoms with Crippen molar-refractivity contribution >= 4 is 11.9 Å². The maximum atomic E-state index is 12.8. The molecule has 1 aliphatic rings. The Balaban J connectivity index is 2.75. The van der Waals surface area contributed by atoms with Gasteiger partial charge in [0.2, 0.25) is 5.91 Å². The van der Waals surface area contributed by atoms with Gasteiger partial charge in [0.15, 0.2) is 0 Å². The van der Waals surface area contributed by atoms with Gasteiger partial charge in [-0.1, -0.05) is 12.8 Å². The number of carboxylic acids is 1. The quantitative estimate of drug-likeness (QED) is 0.716. The minimum absolute atomic E-state index is 0.0772. The normalized spacial score (nSPS) is 25.7. The summed E-state index contributed by atoms with van der Waals surface area (Å²) in [4.78, 5) is 22.4. The second-order valence-corrected chi connectivity index (χ2v) is 4.62. The lowest BCUT2D eigenvalue weighted by molar-refractivity contribution is -0.198. The molecule has 1 saturated carbocycles. The number of aliphatic carboxylic acids is 1. The third-order valence-corrected chi connectivity index (χ3v) is 3.32. The van der Waals surface area contributed by atoms with Gasteiger partial charge in [-0.25, -0.2) is 4.79 Å². The largest absolute Gasteiger partial charge is 0.480 e. The lowest BCUT2D eigenvalue weighted by Crippen LogP contribution is -2.49. The summed E-state index contributed by atoms with van der Waals surface area (Å²) < 4.78 is 38.4. The van der Waals surface area contributed by atoms with E-state index in [-0.39, 0.29) is 12.8 Å². The molecule has 5 nitrogen and oxygen atoms in total. The van der Waals surface area contributed by atoms with Gasteiger partial charge in [-0.15, -0.1) is 0 Å². The van der Waals surface area contributed by atoms with E-state index in [1.54, 1.807) is 0 Å². The van der Waals surface area contributed by atoms with Crippen LogP contribution >= 0.6 is 0 Å². The van der Waals surface area contributed by atoms with Gasteiger partial charge in [-0.3, -0.25) is 4.79 Å². The van der Waals surface area contributed by atoms with Crippen molar-refractivity contribution in [3.63, 3.8) is 0 Å². The van der Waals surface area contributed by atoms with Crippen molar-refractivity contribution in [1.82, 2.24) is 5.32 Å². The highest BCUT2D eigenvalue weighted by Gasteiger charge is 2.48. The van der Waals surface area contributed by atoms with Gasteiger partial charge in [0.25, 0.3) is 0 Å². The third-order valence-electron chi connectivity index (χ3n) is 3.32. The lowest BCUT2D eigenvalue weighted by atomic mass is 9.78. The van der Waals surface area contributed by atoms with Crippen LogP contribution in [0.2, 0.25) is 0 Å². The van der Waals surface area contributed by atoms with Crippen LogP contribution in [0.25, 0.3) is 0 Å². The Morgan fingerprint density at radius 3 is 2.32 bits per heavy atom. The summed E-state index contributed by atoms with van der Waals surface area (Å²) in [5, 5.41) is 19.4. The maximum absolute atomic E-state index is 12.8. The number of hydrogen-bond acceptors (Lipinski definition) is 3. The molecule has 3 N–H and O–H groups in total. The number of alkyl halides is 3. The molecule has 110 valence electrons. The predicted octanol–water partition coefficient (Wildman–Crippen LogP) is 0.917. The van der Waals surface area contributed by atoms with Crippen LogP contribution < -0.4 is 5.32 Å². The van der Waals surface area contributed by atoms with Gasteiger partial charge in [-0.05, 0) is 12.8 Å². The molecule has 19 heavy (non-hydrogen) atoms. The summed E-state index contributed by atoms with van der Waals surface area (Å²) in [6.45, 7) is -0.857. The van der Waals surface area contributed by atoms with Crippen molar-refractivity contribution in [2.24, 2.45) is 11.8 Å². The van der Waals surface area contributed by atoms with E-state index in [0.717, 1.165) is 0 Å². The van der Waals surface area contributed by atoms with E-state index in [1.807, 2.05) is 5.32 Å².